The molecule has 0 unspecified atom stereocenters. The van der Waals surface area contributed by atoms with Gasteiger partial charge in [-0.2, -0.15) is 0 Å². The molecule has 142 valence electrons. The van der Waals surface area contributed by atoms with Crippen LogP contribution in [0.4, 0.5) is 0 Å². The highest BCUT2D eigenvalue weighted by Gasteiger charge is 2.14. The largest absolute Gasteiger partial charge is 0.493 e. The summed E-state index contributed by atoms with van der Waals surface area (Å²) in [5.74, 6) is -0.853. The predicted octanol–water partition coefficient (Wildman–Crippen LogP) is 4.25. The number of nitrogens with one attached hydrogen (secondary N) is 1. The van der Waals surface area contributed by atoms with Gasteiger partial charge in [0.2, 0.25) is 5.91 Å². The van der Waals surface area contributed by atoms with Crippen LogP contribution in [0.25, 0.3) is 6.08 Å². The average molecular weight is 455 g/mol. The Kier molecular flexibility index (Phi) is 7.27. The Hall–Kier alpha value is -2.51. The van der Waals surface area contributed by atoms with Gasteiger partial charge in [0.1, 0.15) is 12.3 Å². The molecular weight excluding hydrogens is 438 g/mol. The van der Waals surface area contributed by atoms with Crippen LogP contribution in [0.2, 0.25) is 5.02 Å². The number of ether oxygens (including phenoxy) is 2. The first-order chi connectivity index (χ1) is 12.8. The van der Waals surface area contributed by atoms with Crippen molar-refractivity contribution in [1.29, 1.82) is 0 Å². The maximum Gasteiger partial charge on any atom is 0.352 e. The van der Waals surface area contributed by atoms with Crippen LogP contribution in [0.5, 0.6) is 11.5 Å². The summed E-state index contributed by atoms with van der Waals surface area (Å²) in [7, 11) is 1.48. The molecule has 2 aromatic rings. The predicted molar refractivity (Wildman–Crippen MR) is 106 cm³/mol. The summed E-state index contributed by atoms with van der Waals surface area (Å²) in [6.45, 7) is 1.51. The maximum atomic E-state index is 11.3. The first-order valence-corrected chi connectivity index (χ1v) is 8.94. The fourth-order valence-electron chi connectivity index (χ4n) is 2.25. The van der Waals surface area contributed by atoms with Crippen molar-refractivity contribution in [2.75, 3.05) is 7.11 Å². The van der Waals surface area contributed by atoms with Gasteiger partial charge in [-0.1, -0.05) is 23.7 Å². The number of rotatable bonds is 7. The van der Waals surface area contributed by atoms with Crippen molar-refractivity contribution in [3.05, 3.63) is 62.7 Å². The van der Waals surface area contributed by atoms with Crippen LogP contribution in [0.15, 0.2) is 46.6 Å². The lowest BCUT2D eigenvalue weighted by Crippen LogP contribution is -2.24. The molecule has 0 saturated heterocycles. The summed E-state index contributed by atoms with van der Waals surface area (Å²) in [6, 6.07) is 10.6. The van der Waals surface area contributed by atoms with Crippen molar-refractivity contribution >= 4 is 45.5 Å². The second-order valence-corrected chi connectivity index (χ2v) is 6.79. The Morgan fingerprint density at radius 1 is 1.30 bits per heavy atom. The van der Waals surface area contributed by atoms with Gasteiger partial charge in [-0.05, 0) is 57.4 Å². The highest BCUT2D eigenvalue weighted by Crippen LogP contribution is 2.37. The Labute approximate surface area is 169 Å². The van der Waals surface area contributed by atoms with E-state index in [-0.39, 0.29) is 12.3 Å². The zero-order valence-electron chi connectivity index (χ0n) is 14.6. The van der Waals surface area contributed by atoms with Crippen LogP contribution < -0.4 is 14.8 Å². The molecule has 2 aromatic carbocycles. The van der Waals surface area contributed by atoms with Crippen molar-refractivity contribution < 1.29 is 24.2 Å². The van der Waals surface area contributed by atoms with Crippen molar-refractivity contribution in [3.8, 4) is 11.5 Å². The molecular formula is C19H17BrClNO5. The van der Waals surface area contributed by atoms with E-state index < -0.39 is 11.9 Å². The summed E-state index contributed by atoms with van der Waals surface area (Å²) in [5.41, 5.74) is 1.16. The lowest BCUT2D eigenvalue weighted by atomic mass is 10.1. The molecule has 0 fully saturated rings. The van der Waals surface area contributed by atoms with E-state index in [4.69, 9.17) is 21.1 Å². The average Bonchev–Trinajstić information content (AvgIpc) is 2.59. The van der Waals surface area contributed by atoms with E-state index in [1.54, 1.807) is 24.3 Å². The maximum absolute atomic E-state index is 11.3. The molecule has 0 atom stereocenters. The molecule has 0 radical (unpaired) electrons. The summed E-state index contributed by atoms with van der Waals surface area (Å²) >= 11 is 9.38. The minimum absolute atomic E-state index is 0.246. The smallest absolute Gasteiger partial charge is 0.352 e. The third-order valence-electron chi connectivity index (χ3n) is 3.38. The molecule has 0 heterocycles. The van der Waals surface area contributed by atoms with Gasteiger partial charge in [0.05, 0.1) is 11.6 Å². The van der Waals surface area contributed by atoms with Gasteiger partial charge in [-0.15, -0.1) is 0 Å². The van der Waals surface area contributed by atoms with Gasteiger partial charge in [-0.3, -0.25) is 4.79 Å². The van der Waals surface area contributed by atoms with E-state index in [2.05, 4.69) is 21.2 Å². The first kappa shape index (κ1) is 20.8. The highest BCUT2D eigenvalue weighted by molar-refractivity contribution is 9.10. The number of hydrogen-bond acceptors (Lipinski definition) is 4. The fraction of sp³-hybridized carbons (Fsp3) is 0.158. The zero-order valence-corrected chi connectivity index (χ0v) is 16.9. The van der Waals surface area contributed by atoms with Crippen molar-refractivity contribution in [3.63, 3.8) is 0 Å². The highest BCUT2D eigenvalue weighted by atomic mass is 79.9. The number of halogens is 2. The van der Waals surface area contributed by atoms with Gasteiger partial charge in [0.25, 0.3) is 0 Å². The first-order valence-electron chi connectivity index (χ1n) is 7.77. The molecule has 8 heteroatoms. The Bertz CT molecular complexity index is 898. The third kappa shape index (κ3) is 6.01. The molecule has 27 heavy (non-hydrogen) atoms. The Morgan fingerprint density at radius 2 is 2.04 bits per heavy atom. The standard InChI is InChI=1S/C19H17BrClNO5/c1-11(23)22-16(19(24)25)8-13-7-15(20)18(17(9-13)26-2)27-10-12-4-3-5-14(21)6-12/h3-9H,10H2,1-2H3,(H,22,23)(H,24,25)/b16-8+. The molecule has 1 amide bonds. The minimum atomic E-state index is -1.25. The molecule has 0 aliphatic heterocycles. The SMILES string of the molecule is COc1cc(/C=C(/NC(C)=O)C(=O)O)cc(Br)c1OCc1cccc(Cl)c1. The van der Waals surface area contributed by atoms with Crippen molar-refractivity contribution in [1.82, 2.24) is 5.32 Å². The molecule has 0 aliphatic carbocycles. The Morgan fingerprint density at radius 3 is 2.63 bits per heavy atom. The monoisotopic (exact) mass is 453 g/mol. The van der Waals surface area contributed by atoms with E-state index in [0.717, 1.165) is 5.56 Å². The van der Waals surface area contributed by atoms with E-state index in [0.29, 0.717) is 26.6 Å². The number of carbonyl (C=O) groups excluding carboxylic acids is 1. The van der Waals surface area contributed by atoms with Gasteiger partial charge in [0, 0.05) is 11.9 Å². The number of hydrogen-bond donors (Lipinski definition) is 2. The second-order valence-electron chi connectivity index (χ2n) is 5.50. The molecule has 2 rings (SSSR count). The van der Waals surface area contributed by atoms with Gasteiger partial charge in [0.15, 0.2) is 11.5 Å². The zero-order chi connectivity index (χ0) is 20.0. The molecule has 2 N–H and O–H groups in total. The van der Waals surface area contributed by atoms with Crippen molar-refractivity contribution in [2.45, 2.75) is 13.5 Å². The quantitative estimate of drug-likeness (QED) is 0.611. The number of benzene rings is 2. The lowest BCUT2D eigenvalue weighted by molar-refractivity contribution is -0.134. The normalized spacial score (nSPS) is 11.0. The summed E-state index contributed by atoms with van der Waals surface area (Å²) in [4.78, 5) is 22.4. The lowest BCUT2D eigenvalue weighted by Gasteiger charge is -2.14. The number of carboxylic acids is 1. The summed E-state index contributed by atoms with van der Waals surface area (Å²) in [6.07, 6.45) is 1.33. The number of carbonyl (C=O) groups is 2. The number of carboxylic acid groups (broad SMARTS) is 1. The van der Waals surface area contributed by atoms with Crippen LogP contribution in [-0.4, -0.2) is 24.1 Å². The van der Waals surface area contributed by atoms with Gasteiger partial charge in [-0.25, -0.2) is 4.79 Å². The van der Waals surface area contributed by atoms with Gasteiger partial charge >= 0.3 is 5.97 Å². The fourth-order valence-corrected chi connectivity index (χ4v) is 3.04. The molecule has 0 saturated carbocycles. The molecule has 0 spiro atoms. The van der Waals surface area contributed by atoms with E-state index >= 15 is 0 Å². The molecule has 6 nitrogen and oxygen atoms in total. The van der Waals surface area contributed by atoms with E-state index in [1.165, 1.54) is 20.1 Å². The minimum Gasteiger partial charge on any atom is -0.493 e. The second kappa shape index (κ2) is 9.43. The Balaban J connectivity index is 2.30. The van der Waals surface area contributed by atoms with Crippen LogP contribution in [0.3, 0.4) is 0 Å². The molecule has 0 bridgehead atoms. The number of methoxy groups -OCH3 is 1. The topological polar surface area (TPSA) is 84.9 Å². The summed E-state index contributed by atoms with van der Waals surface area (Å²) < 4.78 is 11.8. The summed E-state index contributed by atoms with van der Waals surface area (Å²) in [5, 5.41) is 12.1. The third-order valence-corrected chi connectivity index (χ3v) is 4.20. The molecule has 0 aliphatic rings. The van der Waals surface area contributed by atoms with Crippen LogP contribution in [-0.2, 0) is 16.2 Å². The van der Waals surface area contributed by atoms with Crippen LogP contribution >= 0.6 is 27.5 Å². The number of amides is 1. The number of aliphatic carboxylic acids is 1. The van der Waals surface area contributed by atoms with Crippen molar-refractivity contribution in [2.24, 2.45) is 0 Å². The van der Waals surface area contributed by atoms with Crippen LogP contribution in [0, 0.1) is 0 Å². The molecule has 0 aromatic heterocycles. The van der Waals surface area contributed by atoms with Crippen LogP contribution in [0.1, 0.15) is 18.1 Å². The van der Waals surface area contributed by atoms with E-state index in [1.807, 2.05) is 12.1 Å². The van der Waals surface area contributed by atoms with Gasteiger partial charge < -0.3 is 19.9 Å². The van der Waals surface area contributed by atoms with E-state index in [9.17, 15) is 14.7 Å².